The smallest absolute Gasteiger partial charge is 0.120 e. The van der Waals surface area contributed by atoms with Gasteiger partial charge >= 0.3 is 0 Å². The van der Waals surface area contributed by atoms with Gasteiger partial charge in [0.25, 0.3) is 0 Å². The van der Waals surface area contributed by atoms with Crippen molar-refractivity contribution < 1.29 is 4.74 Å². The van der Waals surface area contributed by atoms with Crippen LogP contribution < -0.4 is 4.74 Å². The lowest BCUT2D eigenvalue weighted by molar-refractivity contribution is 0.307. The van der Waals surface area contributed by atoms with E-state index < -0.39 is 0 Å². The van der Waals surface area contributed by atoms with E-state index in [1.165, 1.54) is 21.9 Å². The molecule has 100 valence electrons. The highest BCUT2D eigenvalue weighted by atomic mass is 16.5. The Kier molecular flexibility index (Phi) is 3.69. The van der Waals surface area contributed by atoms with Crippen molar-refractivity contribution in [3.05, 3.63) is 77.9 Å². The second-order valence-electron chi connectivity index (χ2n) is 4.93. The van der Waals surface area contributed by atoms with E-state index in [4.69, 9.17) is 4.74 Å². The second-order valence-corrected chi connectivity index (χ2v) is 4.93. The monoisotopic (exact) mass is 262 g/mol. The van der Waals surface area contributed by atoms with Gasteiger partial charge in [-0.05, 0) is 40.5 Å². The second kappa shape index (κ2) is 5.79. The first-order valence-electron chi connectivity index (χ1n) is 7.05. The summed E-state index contributed by atoms with van der Waals surface area (Å²) in [6.07, 6.45) is 1.03. The van der Waals surface area contributed by atoms with Crippen molar-refractivity contribution in [2.75, 3.05) is 0 Å². The molecule has 3 rings (SSSR count). The minimum Gasteiger partial charge on any atom is -0.489 e. The number of hydrogen-bond donors (Lipinski definition) is 0. The first-order chi connectivity index (χ1) is 9.86. The average molecular weight is 262 g/mol. The van der Waals surface area contributed by atoms with Gasteiger partial charge in [-0.1, -0.05) is 61.5 Å². The lowest BCUT2D eigenvalue weighted by atomic mass is 10.1. The molecular formula is C19H18O. The van der Waals surface area contributed by atoms with Crippen LogP contribution >= 0.6 is 0 Å². The summed E-state index contributed by atoms with van der Waals surface area (Å²) < 4.78 is 5.94. The summed E-state index contributed by atoms with van der Waals surface area (Å²) in [6, 6.07) is 23.1. The number of aryl methyl sites for hydroxylation is 1. The van der Waals surface area contributed by atoms with Gasteiger partial charge in [0.1, 0.15) is 12.4 Å². The molecule has 0 amide bonds. The molecule has 0 unspecified atom stereocenters. The maximum atomic E-state index is 5.94. The van der Waals surface area contributed by atoms with Crippen LogP contribution in [-0.2, 0) is 13.0 Å². The SMILES string of the molecule is CCc1cccc(OCc2cccc3ccccc23)c1. The Bertz CT molecular complexity index is 710. The Morgan fingerprint density at radius 1 is 0.850 bits per heavy atom. The Balaban J connectivity index is 1.83. The van der Waals surface area contributed by atoms with E-state index in [2.05, 4.69) is 67.6 Å². The Labute approximate surface area is 119 Å². The van der Waals surface area contributed by atoms with Crippen LogP contribution in [0, 0.1) is 0 Å². The molecule has 0 saturated heterocycles. The Morgan fingerprint density at radius 3 is 2.55 bits per heavy atom. The average Bonchev–Trinajstić information content (AvgIpc) is 2.53. The van der Waals surface area contributed by atoms with Crippen molar-refractivity contribution in [2.24, 2.45) is 0 Å². The predicted octanol–water partition coefficient (Wildman–Crippen LogP) is 4.98. The molecule has 0 aliphatic carbocycles. The maximum Gasteiger partial charge on any atom is 0.120 e. The van der Waals surface area contributed by atoms with Gasteiger partial charge in [-0.3, -0.25) is 0 Å². The molecule has 20 heavy (non-hydrogen) atoms. The molecule has 0 fully saturated rings. The van der Waals surface area contributed by atoms with Gasteiger partial charge in [-0.15, -0.1) is 0 Å². The van der Waals surface area contributed by atoms with Crippen LogP contribution in [-0.4, -0.2) is 0 Å². The van der Waals surface area contributed by atoms with Crippen LogP contribution in [0.5, 0.6) is 5.75 Å². The molecule has 0 saturated carbocycles. The molecular weight excluding hydrogens is 244 g/mol. The fourth-order valence-electron chi connectivity index (χ4n) is 2.43. The van der Waals surface area contributed by atoms with Gasteiger partial charge in [-0.25, -0.2) is 0 Å². The third-order valence-corrected chi connectivity index (χ3v) is 3.58. The van der Waals surface area contributed by atoms with Crippen LogP contribution in [0.25, 0.3) is 10.8 Å². The zero-order chi connectivity index (χ0) is 13.8. The summed E-state index contributed by atoms with van der Waals surface area (Å²) in [7, 11) is 0. The highest BCUT2D eigenvalue weighted by Gasteiger charge is 2.02. The van der Waals surface area contributed by atoms with E-state index in [-0.39, 0.29) is 0 Å². The Hall–Kier alpha value is -2.28. The number of fused-ring (bicyclic) bond motifs is 1. The highest BCUT2D eigenvalue weighted by molar-refractivity contribution is 5.85. The van der Waals surface area contributed by atoms with Crippen molar-refractivity contribution in [1.82, 2.24) is 0 Å². The van der Waals surface area contributed by atoms with E-state index in [0.717, 1.165) is 12.2 Å². The number of rotatable bonds is 4. The van der Waals surface area contributed by atoms with Crippen molar-refractivity contribution in [2.45, 2.75) is 20.0 Å². The summed E-state index contributed by atoms with van der Waals surface area (Å²) in [6.45, 7) is 2.76. The van der Waals surface area contributed by atoms with Gasteiger partial charge < -0.3 is 4.74 Å². The maximum absolute atomic E-state index is 5.94. The molecule has 0 bridgehead atoms. The number of benzene rings is 3. The summed E-state index contributed by atoms with van der Waals surface area (Å²) >= 11 is 0. The summed E-state index contributed by atoms with van der Waals surface area (Å²) in [5, 5.41) is 2.53. The van der Waals surface area contributed by atoms with E-state index in [9.17, 15) is 0 Å². The third-order valence-electron chi connectivity index (χ3n) is 3.58. The lowest BCUT2D eigenvalue weighted by Gasteiger charge is -2.10. The largest absolute Gasteiger partial charge is 0.489 e. The standard InChI is InChI=1S/C19H18O/c1-2-15-7-5-11-18(13-15)20-14-17-10-6-9-16-8-3-4-12-19(16)17/h3-13H,2,14H2,1H3. The zero-order valence-corrected chi connectivity index (χ0v) is 11.7. The zero-order valence-electron chi connectivity index (χ0n) is 11.7. The molecule has 3 aromatic carbocycles. The molecule has 0 spiro atoms. The van der Waals surface area contributed by atoms with Crippen molar-refractivity contribution in [3.8, 4) is 5.75 Å². The van der Waals surface area contributed by atoms with E-state index in [1.807, 2.05) is 6.07 Å². The molecule has 0 aromatic heterocycles. The van der Waals surface area contributed by atoms with Gasteiger partial charge in [0, 0.05) is 0 Å². The molecule has 0 aliphatic heterocycles. The fraction of sp³-hybridized carbons (Fsp3) is 0.158. The molecule has 1 nitrogen and oxygen atoms in total. The van der Waals surface area contributed by atoms with Crippen LogP contribution in [0.4, 0.5) is 0 Å². The van der Waals surface area contributed by atoms with Gasteiger partial charge in [-0.2, -0.15) is 0 Å². The van der Waals surface area contributed by atoms with E-state index in [0.29, 0.717) is 6.61 Å². The van der Waals surface area contributed by atoms with Gasteiger partial charge in [0.05, 0.1) is 0 Å². The van der Waals surface area contributed by atoms with Crippen LogP contribution in [0.1, 0.15) is 18.1 Å². The van der Waals surface area contributed by atoms with Gasteiger partial charge in [0.2, 0.25) is 0 Å². The molecule has 0 atom stereocenters. The minimum absolute atomic E-state index is 0.606. The predicted molar refractivity (Wildman–Crippen MR) is 84.1 cm³/mol. The molecule has 0 heterocycles. The molecule has 1 heteroatoms. The number of ether oxygens (including phenoxy) is 1. The quantitative estimate of drug-likeness (QED) is 0.644. The number of hydrogen-bond acceptors (Lipinski definition) is 1. The summed E-state index contributed by atoms with van der Waals surface area (Å²) in [4.78, 5) is 0. The lowest BCUT2D eigenvalue weighted by Crippen LogP contribution is -1.96. The van der Waals surface area contributed by atoms with Crippen LogP contribution in [0.3, 0.4) is 0 Å². The molecule has 3 aromatic rings. The normalized spacial score (nSPS) is 10.7. The van der Waals surface area contributed by atoms with Gasteiger partial charge in [0.15, 0.2) is 0 Å². The van der Waals surface area contributed by atoms with Crippen molar-refractivity contribution in [1.29, 1.82) is 0 Å². The van der Waals surface area contributed by atoms with E-state index >= 15 is 0 Å². The van der Waals surface area contributed by atoms with Crippen LogP contribution in [0.2, 0.25) is 0 Å². The molecule has 0 N–H and O–H groups in total. The highest BCUT2D eigenvalue weighted by Crippen LogP contribution is 2.21. The third kappa shape index (κ3) is 2.67. The molecule has 0 aliphatic rings. The fourth-order valence-corrected chi connectivity index (χ4v) is 2.43. The first kappa shape index (κ1) is 12.7. The summed E-state index contributed by atoms with van der Waals surface area (Å²) in [5.74, 6) is 0.942. The molecule has 0 radical (unpaired) electrons. The van der Waals surface area contributed by atoms with Crippen molar-refractivity contribution in [3.63, 3.8) is 0 Å². The Morgan fingerprint density at radius 2 is 1.65 bits per heavy atom. The first-order valence-corrected chi connectivity index (χ1v) is 7.05. The summed E-state index contributed by atoms with van der Waals surface area (Å²) in [5.41, 5.74) is 2.53. The topological polar surface area (TPSA) is 9.23 Å². The van der Waals surface area contributed by atoms with Crippen molar-refractivity contribution >= 4 is 10.8 Å². The van der Waals surface area contributed by atoms with Crippen LogP contribution in [0.15, 0.2) is 66.7 Å². The minimum atomic E-state index is 0.606. The van der Waals surface area contributed by atoms with E-state index in [1.54, 1.807) is 0 Å².